The highest BCUT2D eigenvalue weighted by Gasteiger charge is 2.62. The van der Waals surface area contributed by atoms with Crippen molar-refractivity contribution in [3.05, 3.63) is 42.1 Å². The first-order valence-corrected chi connectivity index (χ1v) is 7.49. The maximum atomic E-state index is 11.8. The van der Waals surface area contributed by atoms with Gasteiger partial charge in [0.25, 0.3) is 0 Å². The summed E-state index contributed by atoms with van der Waals surface area (Å²) in [6, 6.07) is 3.86. The van der Waals surface area contributed by atoms with E-state index in [0.29, 0.717) is 18.7 Å². The fourth-order valence-electron chi connectivity index (χ4n) is 3.02. The van der Waals surface area contributed by atoms with Gasteiger partial charge in [-0.15, -0.1) is 0 Å². The Morgan fingerprint density at radius 2 is 2.32 bits per heavy atom. The van der Waals surface area contributed by atoms with E-state index in [-0.39, 0.29) is 5.92 Å². The van der Waals surface area contributed by atoms with E-state index in [1.807, 2.05) is 19.1 Å². The molecular formula is C16H20N4O2. The molecule has 6 nitrogen and oxygen atoms in total. The van der Waals surface area contributed by atoms with Gasteiger partial charge in [-0.3, -0.25) is 9.36 Å². The highest BCUT2D eigenvalue weighted by Crippen LogP contribution is 2.56. The number of carboxylic acids is 1. The molecule has 0 amide bonds. The van der Waals surface area contributed by atoms with Gasteiger partial charge in [0.05, 0.1) is 5.69 Å². The minimum absolute atomic E-state index is 0.128. The summed E-state index contributed by atoms with van der Waals surface area (Å²) in [7, 11) is 0. The molecule has 116 valence electrons. The molecule has 2 aromatic rings. The van der Waals surface area contributed by atoms with Crippen molar-refractivity contribution in [2.45, 2.75) is 31.6 Å². The van der Waals surface area contributed by atoms with Crippen LogP contribution < -0.4 is 5.73 Å². The Morgan fingerprint density at radius 1 is 1.50 bits per heavy atom. The summed E-state index contributed by atoms with van der Waals surface area (Å²) in [5, 5.41) is 9.65. The van der Waals surface area contributed by atoms with Crippen LogP contribution in [-0.4, -0.2) is 32.2 Å². The first-order valence-electron chi connectivity index (χ1n) is 7.49. The lowest BCUT2D eigenvalue weighted by Gasteiger charge is -2.09. The second-order valence-electron chi connectivity index (χ2n) is 5.97. The third kappa shape index (κ3) is 2.39. The zero-order valence-electron chi connectivity index (χ0n) is 12.6. The Kier molecular flexibility index (Phi) is 3.70. The molecule has 0 unspecified atom stereocenters. The van der Waals surface area contributed by atoms with Gasteiger partial charge in [-0.05, 0) is 50.3 Å². The zero-order valence-corrected chi connectivity index (χ0v) is 12.6. The van der Waals surface area contributed by atoms with Crippen molar-refractivity contribution >= 4 is 5.97 Å². The average molecular weight is 300 g/mol. The number of hydrogen-bond donors (Lipinski definition) is 2. The fourth-order valence-corrected chi connectivity index (χ4v) is 3.02. The lowest BCUT2D eigenvalue weighted by molar-refractivity contribution is -0.140. The predicted molar refractivity (Wildman–Crippen MR) is 81.8 cm³/mol. The number of aliphatic carboxylic acids is 1. The number of rotatable bonds is 6. The van der Waals surface area contributed by atoms with E-state index in [1.165, 1.54) is 0 Å². The van der Waals surface area contributed by atoms with Crippen molar-refractivity contribution < 1.29 is 9.90 Å². The normalized spacial score (nSPS) is 23.5. The maximum absolute atomic E-state index is 11.8. The molecule has 2 atom stereocenters. The van der Waals surface area contributed by atoms with Crippen LogP contribution in [0.3, 0.4) is 0 Å². The molecule has 3 rings (SSSR count). The summed E-state index contributed by atoms with van der Waals surface area (Å²) >= 11 is 0. The van der Waals surface area contributed by atoms with Gasteiger partial charge in [-0.2, -0.15) is 0 Å². The van der Waals surface area contributed by atoms with Crippen molar-refractivity contribution in [1.29, 1.82) is 0 Å². The van der Waals surface area contributed by atoms with Gasteiger partial charge in [0.1, 0.15) is 17.6 Å². The molecular weight excluding hydrogens is 280 g/mol. The largest absolute Gasteiger partial charge is 0.481 e. The highest BCUT2D eigenvalue weighted by molar-refractivity contribution is 5.85. The number of carboxylic acid groups (broad SMARTS) is 1. The summed E-state index contributed by atoms with van der Waals surface area (Å²) in [6.07, 6.45) is 7.52. The maximum Gasteiger partial charge on any atom is 0.316 e. The molecule has 0 aromatic carbocycles. The molecule has 2 heterocycles. The monoisotopic (exact) mass is 300 g/mol. The molecule has 1 aliphatic carbocycles. The summed E-state index contributed by atoms with van der Waals surface area (Å²) in [6.45, 7) is 2.57. The van der Waals surface area contributed by atoms with Crippen LogP contribution >= 0.6 is 0 Å². The van der Waals surface area contributed by atoms with Gasteiger partial charge >= 0.3 is 5.97 Å². The van der Waals surface area contributed by atoms with Crippen LogP contribution in [0, 0.1) is 12.8 Å². The molecule has 6 heteroatoms. The number of nitrogens with zero attached hydrogens (tertiary/aromatic N) is 3. The Balaban J connectivity index is 1.86. The van der Waals surface area contributed by atoms with E-state index >= 15 is 0 Å². The topological polar surface area (TPSA) is 94.0 Å². The molecule has 0 radical (unpaired) electrons. The standard InChI is InChI=1S/C16H20N4O2/c1-11-4-5-14(18-8-11)20-9-13(19-10-20)16(15(21)22)7-12(16)3-2-6-17/h4-5,8-10,12H,2-3,6-7,17H2,1H3,(H,21,22)/t12-,16+/m0/s1. The summed E-state index contributed by atoms with van der Waals surface area (Å²) in [5.74, 6) is 0.0727. The van der Waals surface area contributed by atoms with Gasteiger partial charge in [0, 0.05) is 12.4 Å². The van der Waals surface area contributed by atoms with Crippen LogP contribution in [-0.2, 0) is 10.2 Å². The van der Waals surface area contributed by atoms with Crippen LogP contribution in [0.4, 0.5) is 0 Å². The second kappa shape index (κ2) is 5.53. The van der Waals surface area contributed by atoms with Gasteiger partial charge in [-0.1, -0.05) is 6.07 Å². The van der Waals surface area contributed by atoms with Crippen molar-refractivity contribution in [2.75, 3.05) is 6.54 Å². The number of nitrogens with two attached hydrogens (primary N) is 1. The number of carbonyl (C=O) groups is 1. The van der Waals surface area contributed by atoms with Gasteiger partial charge < -0.3 is 10.8 Å². The Morgan fingerprint density at radius 3 is 2.95 bits per heavy atom. The first-order chi connectivity index (χ1) is 10.6. The Bertz CT molecular complexity index is 680. The third-order valence-corrected chi connectivity index (χ3v) is 4.44. The number of aromatic nitrogens is 3. The van der Waals surface area contributed by atoms with Crippen LogP contribution in [0.2, 0.25) is 0 Å². The fraction of sp³-hybridized carbons (Fsp3) is 0.438. The second-order valence-corrected chi connectivity index (χ2v) is 5.97. The predicted octanol–water partition coefficient (Wildman–Crippen LogP) is 1.66. The third-order valence-electron chi connectivity index (χ3n) is 4.44. The highest BCUT2D eigenvalue weighted by atomic mass is 16.4. The summed E-state index contributed by atoms with van der Waals surface area (Å²) in [4.78, 5) is 20.4. The minimum Gasteiger partial charge on any atom is -0.481 e. The van der Waals surface area contributed by atoms with Crippen LogP contribution in [0.5, 0.6) is 0 Å². The van der Waals surface area contributed by atoms with E-state index in [9.17, 15) is 9.90 Å². The van der Waals surface area contributed by atoms with E-state index in [0.717, 1.165) is 24.2 Å². The number of hydrogen-bond acceptors (Lipinski definition) is 4. The van der Waals surface area contributed by atoms with Gasteiger partial charge in [0.15, 0.2) is 0 Å². The average Bonchev–Trinajstić information content (AvgIpc) is 3.04. The van der Waals surface area contributed by atoms with Gasteiger partial charge in [0.2, 0.25) is 0 Å². The molecule has 0 bridgehead atoms. The minimum atomic E-state index is -0.842. The van der Waals surface area contributed by atoms with Crippen LogP contribution in [0.1, 0.15) is 30.5 Å². The molecule has 3 N–H and O–H groups in total. The van der Waals surface area contributed by atoms with Gasteiger partial charge in [-0.25, -0.2) is 9.97 Å². The van der Waals surface area contributed by atoms with Crippen molar-refractivity contribution in [1.82, 2.24) is 14.5 Å². The summed E-state index contributed by atoms with van der Waals surface area (Å²) in [5.41, 5.74) is 6.38. The number of imidazole rings is 1. The zero-order chi connectivity index (χ0) is 15.7. The van der Waals surface area contributed by atoms with E-state index < -0.39 is 11.4 Å². The van der Waals surface area contributed by atoms with Crippen molar-refractivity contribution in [2.24, 2.45) is 11.7 Å². The quantitative estimate of drug-likeness (QED) is 0.846. The smallest absolute Gasteiger partial charge is 0.316 e. The van der Waals surface area contributed by atoms with E-state index in [2.05, 4.69) is 9.97 Å². The number of pyridine rings is 1. The molecule has 0 saturated heterocycles. The summed E-state index contributed by atoms with van der Waals surface area (Å²) < 4.78 is 1.78. The number of aryl methyl sites for hydroxylation is 1. The molecule has 0 aliphatic heterocycles. The van der Waals surface area contributed by atoms with Crippen molar-refractivity contribution in [3.8, 4) is 5.82 Å². The molecule has 1 saturated carbocycles. The van der Waals surface area contributed by atoms with E-state index in [1.54, 1.807) is 23.3 Å². The molecule has 1 fully saturated rings. The first kappa shape index (κ1) is 14.7. The molecule has 2 aromatic heterocycles. The SMILES string of the molecule is Cc1ccc(-n2cnc([C@@]3(C(=O)O)C[C@@H]3CCCN)c2)nc1. The molecule has 22 heavy (non-hydrogen) atoms. The van der Waals surface area contributed by atoms with Crippen LogP contribution in [0.25, 0.3) is 5.82 Å². The molecule has 1 aliphatic rings. The van der Waals surface area contributed by atoms with Crippen molar-refractivity contribution in [3.63, 3.8) is 0 Å². The van der Waals surface area contributed by atoms with E-state index in [4.69, 9.17) is 5.73 Å². The Labute approximate surface area is 129 Å². The van der Waals surface area contributed by atoms with Crippen LogP contribution in [0.15, 0.2) is 30.9 Å². The lowest BCUT2D eigenvalue weighted by atomic mass is 9.98. The Hall–Kier alpha value is -2.21. The lowest BCUT2D eigenvalue weighted by Crippen LogP contribution is -2.23. The molecule has 0 spiro atoms.